The molecular formula is C24H28N2O5. The number of phenolic OH excluding ortho intramolecular Hbond substituents is 1. The number of carbonyl (C=O) groups excluding carboxylic acids is 3. The van der Waals surface area contributed by atoms with Crippen LogP contribution in [-0.4, -0.2) is 27.9 Å². The Morgan fingerprint density at radius 2 is 1.61 bits per heavy atom. The highest BCUT2D eigenvalue weighted by molar-refractivity contribution is 6.30. The van der Waals surface area contributed by atoms with Gasteiger partial charge in [-0.05, 0) is 46.7 Å². The standard InChI is InChI=1S/C24H28N2O5/c1-23(2,3)17-11-14(12-18(19(17)27)24(4,5)6)10-16-20(28)25-22(30)26(21(16)29)13-15-8-7-9-31-15/h7-12,27H,13H2,1-6H3,(H,25,28,30). The molecule has 7 nitrogen and oxygen atoms in total. The summed E-state index contributed by atoms with van der Waals surface area (Å²) in [6.07, 6.45) is 2.91. The van der Waals surface area contributed by atoms with Gasteiger partial charge in [0.2, 0.25) is 0 Å². The first-order valence-corrected chi connectivity index (χ1v) is 10.1. The van der Waals surface area contributed by atoms with Crippen LogP contribution in [0.25, 0.3) is 6.08 Å². The van der Waals surface area contributed by atoms with Gasteiger partial charge in [-0.1, -0.05) is 41.5 Å². The normalized spacial score (nSPS) is 16.8. The monoisotopic (exact) mass is 424 g/mol. The van der Waals surface area contributed by atoms with E-state index in [0.717, 1.165) is 4.90 Å². The van der Waals surface area contributed by atoms with Gasteiger partial charge in [-0.25, -0.2) is 4.79 Å². The van der Waals surface area contributed by atoms with Crippen LogP contribution in [-0.2, 0) is 27.0 Å². The first-order chi connectivity index (χ1) is 14.3. The predicted octanol–water partition coefficient (Wildman–Crippen LogP) is 4.24. The van der Waals surface area contributed by atoms with Crippen molar-refractivity contribution >= 4 is 23.9 Å². The van der Waals surface area contributed by atoms with E-state index in [-0.39, 0.29) is 28.7 Å². The van der Waals surface area contributed by atoms with Gasteiger partial charge < -0.3 is 9.52 Å². The third-order valence-corrected chi connectivity index (χ3v) is 5.14. The van der Waals surface area contributed by atoms with E-state index < -0.39 is 17.8 Å². The number of nitrogens with one attached hydrogen (secondary N) is 1. The van der Waals surface area contributed by atoms with Gasteiger partial charge >= 0.3 is 6.03 Å². The molecule has 2 aromatic rings. The fourth-order valence-corrected chi connectivity index (χ4v) is 3.45. The summed E-state index contributed by atoms with van der Waals surface area (Å²) in [5.41, 5.74) is 1.13. The fourth-order valence-electron chi connectivity index (χ4n) is 3.45. The summed E-state index contributed by atoms with van der Waals surface area (Å²) in [6, 6.07) is 6.05. The number of hydrogen-bond donors (Lipinski definition) is 2. The Balaban J connectivity index is 2.09. The first-order valence-electron chi connectivity index (χ1n) is 10.1. The first kappa shape index (κ1) is 22.3. The Labute approximate surface area is 181 Å². The molecule has 0 spiro atoms. The van der Waals surface area contributed by atoms with Gasteiger partial charge in [0.15, 0.2) is 0 Å². The van der Waals surface area contributed by atoms with Crippen LogP contribution in [0, 0.1) is 0 Å². The molecule has 0 saturated carbocycles. The molecule has 0 atom stereocenters. The number of carbonyl (C=O) groups is 3. The Bertz CT molecular complexity index is 1030. The highest BCUT2D eigenvalue weighted by Gasteiger charge is 2.36. The molecule has 164 valence electrons. The zero-order chi connectivity index (χ0) is 23.1. The van der Waals surface area contributed by atoms with E-state index in [1.54, 1.807) is 24.3 Å². The number of urea groups is 1. The minimum absolute atomic E-state index is 0.0850. The SMILES string of the molecule is CC(C)(C)c1cc(C=C2C(=O)NC(=O)N(Cc3ccco3)C2=O)cc(C(C)(C)C)c1O. The molecule has 0 aliphatic carbocycles. The van der Waals surface area contributed by atoms with Crippen LogP contribution in [0.15, 0.2) is 40.5 Å². The number of rotatable bonds is 3. The smallest absolute Gasteiger partial charge is 0.331 e. The number of phenols is 1. The highest BCUT2D eigenvalue weighted by Crippen LogP contribution is 2.40. The molecule has 1 aliphatic rings. The zero-order valence-electron chi connectivity index (χ0n) is 18.7. The van der Waals surface area contributed by atoms with Crippen LogP contribution in [0.1, 0.15) is 64.0 Å². The molecule has 2 N–H and O–H groups in total. The zero-order valence-corrected chi connectivity index (χ0v) is 18.7. The van der Waals surface area contributed by atoms with Gasteiger partial charge in [-0.15, -0.1) is 0 Å². The predicted molar refractivity (Wildman–Crippen MR) is 116 cm³/mol. The quantitative estimate of drug-likeness (QED) is 0.567. The van der Waals surface area contributed by atoms with Crippen LogP contribution in [0.2, 0.25) is 0 Å². The van der Waals surface area contributed by atoms with Crippen molar-refractivity contribution in [1.29, 1.82) is 0 Å². The van der Waals surface area contributed by atoms with Crippen molar-refractivity contribution in [2.24, 2.45) is 0 Å². The number of furan rings is 1. The molecule has 7 heteroatoms. The molecular weight excluding hydrogens is 396 g/mol. The minimum atomic E-state index is -0.792. The number of aromatic hydroxyl groups is 1. The van der Waals surface area contributed by atoms with Gasteiger partial charge in [0.05, 0.1) is 12.8 Å². The summed E-state index contributed by atoms with van der Waals surface area (Å²) in [7, 11) is 0. The Morgan fingerprint density at radius 3 is 2.10 bits per heavy atom. The number of nitrogens with zero attached hydrogens (tertiary/aromatic N) is 1. The topological polar surface area (TPSA) is 99.9 Å². The molecule has 1 aliphatic heterocycles. The molecule has 1 fully saturated rings. The van der Waals surface area contributed by atoms with Crippen LogP contribution in [0.5, 0.6) is 5.75 Å². The average molecular weight is 424 g/mol. The maximum atomic E-state index is 13.0. The molecule has 3 rings (SSSR count). The van der Waals surface area contributed by atoms with Crippen LogP contribution >= 0.6 is 0 Å². The lowest BCUT2D eigenvalue weighted by atomic mass is 9.78. The molecule has 0 unspecified atom stereocenters. The third kappa shape index (κ3) is 4.55. The van der Waals surface area contributed by atoms with Crippen LogP contribution < -0.4 is 5.32 Å². The number of amides is 4. The van der Waals surface area contributed by atoms with Crippen LogP contribution in [0.3, 0.4) is 0 Å². The number of imide groups is 2. The molecule has 1 saturated heterocycles. The Morgan fingerprint density at radius 1 is 1.03 bits per heavy atom. The van der Waals surface area contributed by atoms with E-state index in [4.69, 9.17) is 4.42 Å². The largest absolute Gasteiger partial charge is 0.507 e. The van der Waals surface area contributed by atoms with Gasteiger partial charge in [0, 0.05) is 11.1 Å². The third-order valence-electron chi connectivity index (χ3n) is 5.14. The summed E-state index contributed by atoms with van der Waals surface area (Å²) in [4.78, 5) is 38.6. The molecule has 31 heavy (non-hydrogen) atoms. The van der Waals surface area contributed by atoms with Crippen molar-refractivity contribution in [3.05, 3.63) is 58.6 Å². The van der Waals surface area contributed by atoms with Crippen molar-refractivity contribution in [1.82, 2.24) is 10.2 Å². The number of barbiturate groups is 1. The minimum Gasteiger partial charge on any atom is -0.507 e. The molecule has 1 aromatic carbocycles. The summed E-state index contributed by atoms with van der Waals surface area (Å²) in [6.45, 7) is 11.8. The molecule has 2 heterocycles. The fraction of sp³-hybridized carbons (Fsp3) is 0.375. The van der Waals surface area contributed by atoms with E-state index in [1.165, 1.54) is 12.3 Å². The lowest BCUT2D eigenvalue weighted by Gasteiger charge is -2.28. The lowest BCUT2D eigenvalue weighted by molar-refractivity contribution is -0.130. The summed E-state index contributed by atoms with van der Waals surface area (Å²) in [5.74, 6) is -0.829. The second-order valence-electron chi connectivity index (χ2n) is 9.75. The Hall–Kier alpha value is -3.35. The number of hydrogen-bond acceptors (Lipinski definition) is 5. The molecule has 0 bridgehead atoms. The molecule has 0 radical (unpaired) electrons. The van der Waals surface area contributed by atoms with E-state index >= 15 is 0 Å². The maximum Gasteiger partial charge on any atom is 0.331 e. The average Bonchev–Trinajstić information content (AvgIpc) is 3.14. The maximum absolute atomic E-state index is 13.0. The van der Waals surface area contributed by atoms with Gasteiger partial charge in [0.1, 0.15) is 17.1 Å². The second-order valence-corrected chi connectivity index (χ2v) is 9.75. The van der Waals surface area contributed by atoms with Crippen molar-refractivity contribution in [3.8, 4) is 5.75 Å². The summed E-state index contributed by atoms with van der Waals surface area (Å²) in [5, 5.41) is 13.1. The van der Waals surface area contributed by atoms with Crippen molar-refractivity contribution in [2.45, 2.75) is 58.9 Å². The van der Waals surface area contributed by atoms with Crippen molar-refractivity contribution in [2.75, 3.05) is 0 Å². The van der Waals surface area contributed by atoms with E-state index in [2.05, 4.69) is 5.32 Å². The van der Waals surface area contributed by atoms with E-state index in [0.29, 0.717) is 22.5 Å². The van der Waals surface area contributed by atoms with Gasteiger partial charge in [0.25, 0.3) is 11.8 Å². The van der Waals surface area contributed by atoms with E-state index in [9.17, 15) is 19.5 Å². The second kappa shape index (κ2) is 7.72. The van der Waals surface area contributed by atoms with Crippen molar-refractivity contribution in [3.63, 3.8) is 0 Å². The van der Waals surface area contributed by atoms with Gasteiger partial charge in [-0.2, -0.15) is 0 Å². The van der Waals surface area contributed by atoms with E-state index in [1.807, 2.05) is 41.5 Å². The Kier molecular flexibility index (Phi) is 5.56. The lowest BCUT2D eigenvalue weighted by Crippen LogP contribution is -2.53. The summed E-state index contributed by atoms with van der Waals surface area (Å²) < 4.78 is 5.23. The highest BCUT2D eigenvalue weighted by atomic mass is 16.3. The van der Waals surface area contributed by atoms with Crippen molar-refractivity contribution < 1.29 is 23.9 Å². The van der Waals surface area contributed by atoms with Crippen LogP contribution in [0.4, 0.5) is 4.79 Å². The van der Waals surface area contributed by atoms with Gasteiger partial charge in [-0.3, -0.25) is 19.8 Å². The molecule has 4 amide bonds. The number of benzene rings is 1. The summed E-state index contributed by atoms with van der Waals surface area (Å²) >= 11 is 0. The molecule has 1 aromatic heterocycles.